The summed E-state index contributed by atoms with van der Waals surface area (Å²) in [4.78, 5) is 21.2. The number of amides is 1. The fourth-order valence-electron chi connectivity index (χ4n) is 2.21. The van der Waals surface area contributed by atoms with Gasteiger partial charge in [0, 0.05) is 13.0 Å². The highest BCUT2D eigenvalue weighted by atomic mass is 32.1. The van der Waals surface area contributed by atoms with Crippen LogP contribution in [0.4, 0.5) is 0 Å². The molecule has 0 aliphatic carbocycles. The minimum atomic E-state index is -0.219. The zero-order chi connectivity index (χ0) is 13.4. The second-order valence-corrected chi connectivity index (χ2v) is 5.00. The van der Waals surface area contributed by atoms with Crippen molar-refractivity contribution in [3.05, 3.63) is 30.1 Å². The summed E-state index contributed by atoms with van der Waals surface area (Å²) in [6, 6.07) is 7.65. The SMILES string of the molecule is C[C@@H]1NC(=S)N(CCc2nc3ccccc3[nH]2)C1=O. The van der Waals surface area contributed by atoms with Gasteiger partial charge in [0.2, 0.25) is 0 Å². The number of nitrogens with one attached hydrogen (secondary N) is 2. The van der Waals surface area contributed by atoms with Gasteiger partial charge in [0.15, 0.2) is 5.11 Å². The van der Waals surface area contributed by atoms with Crippen LogP contribution in [0, 0.1) is 0 Å². The van der Waals surface area contributed by atoms with Crippen LogP contribution in [-0.2, 0) is 11.2 Å². The molecule has 3 rings (SSSR count). The Labute approximate surface area is 116 Å². The molecule has 1 aromatic carbocycles. The molecule has 2 N–H and O–H groups in total. The Balaban J connectivity index is 1.72. The molecule has 1 aromatic heterocycles. The summed E-state index contributed by atoms with van der Waals surface area (Å²) < 4.78 is 0. The van der Waals surface area contributed by atoms with E-state index in [0.29, 0.717) is 18.1 Å². The largest absolute Gasteiger partial charge is 0.351 e. The van der Waals surface area contributed by atoms with Crippen molar-refractivity contribution in [1.29, 1.82) is 0 Å². The van der Waals surface area contributed by atoms with E-state index in [4.69, 9.17) is 12.2 Å². The maximum atomic E-state index is 11.9. The second-order valence-electron chi connectivity index (χ2n) is 4.61. The maximum Gasteiger partial charge on any atom is 0.251 e. The lowest BCUT2D eigenvalue weighted by Gasteiger charge is -2.13. The first-order chi connectivity index (χ1) is 9.15. The topological polar surface area (TPSA) is 61.0 Å². The van der Waals surface area contributed by atoms with Crippen molar-refractivity contribution in [2.24, 2.45) is 0 Å². The highest BCUT2D eigenvalue weighted by Gasteiger charge is 2.31. The van der Waals surface area contributed by atoms with E-state index in [1.54, 1.807) is 4.90 Å². The molecular formula is C13H14N4OS. The molecule has 98 valence electrons. The fourth-order valence-corrected chi connectivity index (χ4v) is 2.57. The van der Waals surface area contributed by atoms with Gasteiger partial charge in [-0.15, -0.1) is 0 Å². The number of para-hydroxylation sites is 2. The van der Waals surface area contributed by atoms with Gasteiger partial charge in [-0.2, -0.15) is 0 Å². The number of aromatic nitrogens is 2. The van der Waals surface area contributed by atoms with Crippen LogP contribution in [0.15, 0.2) is 24.3 Å². The number of hydrogen-bond donors (Lipinski definition) is 2. The average molecular weight is 274 g/mol. The van der Waals surface area contributed by atoms with Crippen LogP contribution in [0.25, 0.3) is 11.0 Å². The van der Waals surface area contributed by atoms with Gasteiger partial charge in [-0.05, 0) is 31.3 Å². The van der Waals surface area contributed by atoms with Gasteiger partial charge < -0.3 is 10.3 Å². The zero-order valence-corrected chi connectivity index (χ0v) is 11.3. The van der Waals surface area contributed by atoms with Gasteiger partial charge in [-0.3, -0.25) is 9.69 Å². The molecule has 2 heterocycles. The normalized spacial score (nSPS) is 19.2. The Morgan fingerprint density at radius 2 is 2.21 bits per heavy atom. The maximum absolute atomic E-state index is 11.9. The zero-order valence-electron chi connectivity index (χ0n) is 10.5. The molecule has 5 nitrogen and oxygen atoms in total. The van der Waals surface area contributed by atoms with Gasteiger partial charge in [-0.25, -0.2) is 4.98 Å². The van der Waals surface area contributed by atoms with Crippen molar-refractivity contribution in [3.63, 3.8) is 0 Å². The van der Waals surface area contributed by atoms with Gasteiger partial charge in [-0.1, -0.05) is 12.1 Å². The highest BCUT2D eigenvalue weighted by Crippen LogP contribution is 2.12. The van der Waals surface area contributed by atoms with E-state index < -0.39 is 0 Å². The Morgan fingerprint density at radius 1 is 1.42 bits per heavy atom. The predicted octanol–water partition coefficient (Wildman–Crippen LogP) is 1.21. The average Bonchev–Trinajstić information content (AvgIpc) is 2.90. The standard InChI is InChI=1S/C13H14N4OS/c1-8-12(18)17(13(19)14-8)7-6-11-15-9-4-2-3-5-10(9)16-11/h2-5,8H,6-7H2,1H3,(H,14,19)(H,15,16)/t8-/m0/s1. The molecule has 6 heteroatoms. The number of H-pyrrole nitrogens is 1. The van der Waals surface area contributed by atoms with E-state index in [9.17, 15) is 4.79 Å². The molecule has 0 unspecified atom stereocenters. The van der Waals surface area contributed by atoms with E-state index >= 15 is 0 Å². The van der Waals surface area contributed by atoms with Gasteiger partial charge >= 0.3 is 0 Å². The molecular weight excluding hydrogens is 260 g/mol. The lowest BCUT2D eigenvalue weighted by Crippen LogP contribution is -2.33. The van der Waals surface area contributed by atoms with Crippen LogP contribution in [0.5, 0.6) is 0 Å². The lowest BCUT2D eigenvalue weighted by atomic mass is 10.3. The number of imidazole rings is 1. The molecule has 0 saturated carbocycles. The summed E-state index contributed by atoms with van der Waals surface area (Å²) in [5.41, 5.74) is 1.96. The third-order valence-electron chi connectivity index (χ3n) is 3.23. The van der Waals surface area contributed by atoms with E-state index in [2.05, 4.69) is 15.3 Å². The highest BCUT2D eigenvalue weighted by molar-refractivity contribution is 7.80. The number of carbonyl (C=O) groups is 1. The first kappa shape index (κ1) is 12.1. The number of hydrogen-bond acceptors (Lipinski definition) is 3. The molecule has 0 spiro atoms. The van der Waals surface area contributed by atoms with E-state index in [1.165, 1.54) is 0 Å². The van der Waals surface area contributed by atoms with Crippen molar-refractivity contribution in [3.8, 4) is 0 Å². The summed E-state index contributed by atoms with van der Waals surface area (Å²) in [7, 11) is 0. The van der Waals surface area contributed by atoms with Crippen LogP contribution in [0.1, 0.15) is 12.7 Å². The van der Waals surface area contributed by atoms with Crippen LogP contribution in [0.2, 0.25) is 0 Å². The molecule has 0 radical (unpaired) electrons. The van der Waals surface area contributed by atoms with Crippen LogP contribution >= 0.6 is 12.2 Å². The fraction of sp³-hybridized carbons (Fsp3) is 0.308. The number of rotatable bonds is 3. The van der Waals surface area contributed by atoms with Gasteiger partial charge in [0.1, 0.15) is 11.9 Å². The molecule has 1 amide bonds. The molecule has 1 atom stereocenters. The Bertz CT molecular complexity index is 618. The number of thiocarbonyl (C=S) groups is 1. The van der Waals surface area contributed by atoms with Crippen LogP contribution < -0.4 is 5.32 Å². The predicted molar refractivity (Wildman–Crippen MR) is 76.7 cm³/mol. The third-order valence-corrected chi connectivity index (χ3v) is 3.57. The summed E-state index contributed by atoms with van der Waals surface area (Å²) in [6.45, 7) is 2.37. The van der Waals surface area contributed by atoms with Crippen molar-refractivity contribution in [2.75, 3.05) is 6.54 Å². The van der Waals surface area contributed by atoms with Crippen molar-refractivity contribution in [2.45, 2.75) is 19.4 Å². The Kier molecular flexibility index (Phi) is 2.94. The minimum absolute atomic E-state index is 0.0288. The number of fused-ring (bicyclic) bond motifs is 1. The van der Waals surface area contributed by atoms with Gasteiger partial charge in [0.25, 0.3) is 5.91 Å². The van der Waals surface area contributed by atoms with Crippen LogP contribution in [-0.4, -0.2) is 38.5 Å². The van der Waals surface area contributed by atoms with Crippen LogP contribution in [0.3, 0.4) is 0 Å². The molecule has 0 bridgehead atoms. The molecule has 1 saturated heterocycles. The van der Waals surface area contributed by atoms with Crippen molar-refractivity contribution in [1.82, 2.24) is 20.2 Å². The van der Waals surface area contributed by atoms with E-state index in [-0.39, 0.29) is 11.9 Å². The molecule has 1 aliphatic heterocycles. The number of benzene rings is 1. The first-order valence-corrected chi connectivity index (χ1v) is 6.61. The monoisotopic (exact) mass is 274 g/mol. The van der Waals surface area contributed by atoms with E-state index in [1.807, 2.05) is 31.2 Å². The van der Waals surface area contributed by atoms with E-state index in [0.717, 1.165) is 16.9 Å². The van der Waals surface area contributed by atoms with Crippen molar-refractivity contribution < 1.29 is 4.79 Å². The smallest absolute Gasteiger partial charge is 0.251 e. The Hall–Kier alpha value is -1.95. The number of carbonyl (C=O) groups excluding carboxylic acids is 1. The summed E-state index contributed by atoms with van der Waals surface area (Å²) in [5.74, 6) is 0.900. The molecule has 19 heavy (non-hydrogen) atoms. The molecule has 1 fully saturated rings. The summed E-state index contributed by atoms with van der Waals surface area (Å²) >= 11 is 5.14. The number of aromatic amines is 1. The quantitative estimate of drug-likeness (QED) is 0.826. The second kappa shape index (κ2) is 4.62. The van der Waals surface area contributed by atoms with Gasteiger partial charge in [0.05, 0.1) is 11.0 Å². The minimum Gasteiger partial charge on any atom is -0.351 e. The molecule has 2 aromatic rings. The summed E-state index contributed by atoms with van der Waals surface area (Å²) in [5, 5.41) is 3.46. The third kappa shape index (κ3) is 2.19. The lowest BCUT2D eigenvalue weighted by molar-refractivity contribution is -0.126. The number of nitrogens with zero attached hydrogens (tertiary/aromatic N) is 2. The van der Waals surface area contributed by atoms with Crippen molar-refractivity contribution >= 4 is 34.3 Å². The Morgan fingerprint density at radius 3 is 2.89 bits per heavy atom. The summed E-state index contributed by atoms with van der Waals surface area (Å²) in [6.07, 6.45) is 0.662. The first-order valence-electron chi connectivity index (χ1n) is 6.20. The molecule has 1 aliphatic rings.